The molecule has 0 saturated heterocycles. The maximum Gasteiger partial charge on any atom is 0.203 e. The van der Waals surface area contributed by atoms with Crippen LogP contribution in [0.4, 0.5) is 5.13 Å². The van der Waals surface area contributed by atoms with Crippen molar-refractivity contribution in [1.29, 1.82) is 0 Å². The summed E-state index contributed by atoms with van der Waals surface area (Å²) in [6.45, 7) is 0.428. The van der Waals surface area contributed by atoms with Crippen LogP contribution >= 0.6 is 11.3 Å². The Balaban J connectivity index is 1.60. The van der Waals surface area contributed by atoms with E-state index in [9.17, 15) is 0 Å². The molecule has 1 aromatic carbocycles. The number of aromatic nitrogens is 2. The second kappa shape index (κ2) is 4.33. The largest absolute Gasteiger partial charge is 0.486 e. The zero-order valence-electron chi connectivity index (χ0n) is 9.30. The van der Waals surface area contributed by atoms with Gasteiger partial charge in [-0.2, -0.15) is 0 Å². The van der Waals surface area contributed by atoms with Gasteiger partial charge in [0.2, 0.25) is 5.13 Å². The van der Waals surface area contributed by atoms with Crippen LogP contribution in [0, 0.1) is 0 Å². The molecule has 0 bridgehead atoms. The molecule has 88 valence electrons. The van der Waals surface area contributed by atoms with Crippen molar-refractivity contribution in [2.45, 2.75) is 25.4 Å². The normalized spacial score (nSPS) is 14.8. The summed E-state index contributed by atoms with van der Waals surface area (Å²) in [6, 6.07) is 8.30. The van der Waals surface area contributed by atoms with Crippen LogP contribution in [0.3, 0.4) is 0 Å². The highest BCUT2D eigenvalue weighted by molar-refractivity contribution is 7.15. The van der Waals surface area contributed by atoms with Gasteiger partial charge in [0, 0.05) is 0 Å². The number of rotatable bonds is 4. The van der Waals surface area contributed by atoms with E-state index in [1.54, 1.807) is 0 Å². The fourth-order valence-corrected chi connectivity index (χ4v) is 2.25. The summed E-state index contributed by atoms with van der Waals surface area (Å²) in [7, 11) is 0. The van der Waals surface area contributed by atoms with E-state index in [0.717, 1.165) is 16.7 Å². The Bertz CT molecular complexity index is 505. The summed E-state index contributed by atoms with van der Waals surface area (Å²) in [5.41, 5.74) is 6.91. The topological polar surface area (TPSA) is 61.0 Å². The summed E-state index contributed by atoms with van der Waals surface area (Å²) in [6.07, 6.45) is 2.65. The van der Waals surface area contributed by atoms with Crippen molar-refractivity contribution in [2.24, 2.45) is 0 Å². The molecule has 0 spiro atoms. The second-order valence-electron chi connectivity index (χ2n) is 4.17. The first kappa shape index (κ1) is 10.5. The first-order valence-corrected chi connectivity index (χ1v) is 6.43. The van der Waals surface area contributed by atoms with E-state index in [4.69, 9.17) is 10.5 Å². The van der Waals surface area contributed by atoms with Crippen molar-refractivity contribution >= 4 is 16.5 Å². The molecule has 0 radical (unpaired) electrons. The second-order valence-corrected chi connectivity index (χ2v) is 5.26. The van der Waals surface area contributed by atoms with Crippen molar-refractivity contribution < 1.29 is 4.74 Å². The quantitative estimate of drug-likeness (QED) is 0.902. The van der Waals surface area contributed by atoms with Gasteiger partial charge in [0.15, 0.2) is 5.01 Å². The number of anilines is 1. The summed E-state index contributed by atoms with van der Waals surface area (Å²) in [4.78, 5) is 0. The van der Waals surface area contributed by atoms with Crippen molar-refractivity contribution in [1.82, 2.24) is 10.2 Å². The van der Waals surface area contributed by atoms with Gasteiger partial charge in [-0.15, -0.1) is 10.2 Å². The first-order chi connectivity index (χ1) is 8.31. The molecule has 4 nitrogen and oxygen atoms in total. The molecule has 0 aliphatic heterocycles. The molecular weight excluding hydrogens is 234 g/mol. The van der Waals surface area contributed by atoms with Gasteiger partial charge >= 0.3 is 0 Å². The molecule has 1 aliphatic carbocycles. The molecule has 2 N–H and O–H groups in total. The fraction of sp³-hybridized carbons (Fsp3) is 0.333. The van der Waals surface area contributed by atoms with E-state index in [0.29, 0.717) is 11.7 Å². The molecule has 2 aromatic rings. The van der Waals surface area contributed by atoms with E-state index >= 15 is 0 Å². The fourth-order valence-electron chi connectivity index (χ4n) is 1.72. The van der Waals surface area contributed by atoms with Crippen LogP contribution in [0.2, 0.25) is 0 Å². The van der Waals surface area contributed by atoms with Gasteiger partial charge in [0.1, 0.15) is 12.4 Å². The van der Waals surface area contributed by atoms with Gasteiger partial charge < -0.3 is 10.5 Å². The third-order valence-electron chi connectivity index (χ3n) is 2.77. The smallest absolute Gasteiger partial charge is 0.203 e. The lowest BCUT2D eigenvalue weighted by atomic mass is 10.1. The van der Waals surface area contributed by atoms with Crippen LogP contribution in [-0.4, -0.2) is 10.2 Å². The summed E-state index contributed by atoms with van der Waals surface area (Å²) < 4.78 is 5.61. The Morgan fingerprint density at radius 3 is 2.59 bits per heavy atom. The lowest BCUT2D eigenvalue weighted by Crippen LogP contribution is -1.94. The first-order valence-electron chi connectivity index (χ1n) is 5.62. The van der Waals surface area contributed by atoms with Gasteiger partial charge in [-0.1, -0.05) is 23.5 Å². The summed E-state index contributed by atoms with van der Waals surface area (Å²) in [5, 5.41) is 8.93. The Kier molecular flexibility index (Phi) is 2.68. The van der Waals surface area contributed by atoms with Crippen molar-refractivity contribution in [3.63, 3.8) is 0 Å². The minimum atomic E-state index is 0.428. The molecule has 5 heteroatoms. The third kappa shape index (κ3) is 2.55. The highest BCUT2D eigenvalue weighted by Gasteiger charge is 2.22. The number of nitrogens with two attached hydrogens (primary N) is 1. The maximum atomic E-state index is 5.61. The molecule has 1 heterocycles. The van der Waals surface area contributed by atoms with Crippen LogP contribution in [-0.2, 0) is 6.61 Å². The summed E-state index contributed by atoms with van der Waals surface area (Å²) >= 11 is 1.36. The highest BCUT2D eigenvalue weighted by Crippen LogP contribution is 2.40. The zero-order valence-corrected chi connectivity index (χ0v) is 10.1. The molecule has 0 unspecified atom stereocenters. The number of hydrogen-bond donors (Lipinski definition) is 1. The number of hydrogen-bond acceptors (Lipinski definition) is 5. The van der Waals surface area contributed by atoms with Crippen molar-refractivity contribution in [2.75, 3.05) is 5.73 Å². The van der Waals surface area contributed by atoms with Gasteiger partial charge in [-0.05, 0) is 36.5 Å². The minimum absolute atomic E-state index is 0.428. The van der Waals surface area contributed by atoms with Gasteiger partial charge in [0.05, 0.1) is 0 Å². The number of nitrogen functional groups attached to an aromatic ring is 1. The Hall–Kier alpha value is -1.62. The molecule has 0 atom stereocenters. The maximum absolute atomic E-state index is 5.61. The Morgan fingerprint density at radius 2 is 2.00 bits per heavy atom. The molecular formula is C12H13N3OS. The molecule has 1 aromatic heterocycles. The zero-order chi connectivity index (χ0) is 11.7. The molecule has 3 rings (SSSR count). The van der Waals surface area contributed by atoms with Crippen LogP contribution in [0.15, 0.2) is 24.3 Å². The van der Waals surface area contributed by atoms with E-state index in [1.165, 1.54) is 29.7 Å². The van der Waals surface area contributed by atoms with E-state index in [1.807, 2.05) is 12.1 Å². The highest BCUT2D eigenvalue weighted by atomic mass is 32.1. The van der Waals surface area contributed by atoms with E-state index in [2.05, 4.69) is 22.3 Å². The molecule has 1 aliphatic rings. The predicted octanol–water partition coefficient (Wildman–Crippen LogP) is 2.58. The molecule has 1 fully saturated rings. The monoisotopic (exact) mass is 247 g/mol. The van der Waals surface area contributed by atoms with Crippen molar-refractivity contribution in [3.8, 4) is 5.75 Å². The van der Waals surface area contributed by atoms with Crippen LogP contribution in [0.5, 0.6) is 5.75 Å². The average Bonchev–Trinajstić information content (AvgIpc) is 3.11. The Morgan fingerprint density at radius 1 is 1.24 bits per heavy atom. The van der Waals surface area contributed by atoms with Gasteiger partial charge in [-0.3, -0.25) is 0 Å². The summed E-state index contributed by atoms with van der Waals surface area (Å²) in [5.74, 6) is 1.65. The van der Waals surface area contributed by atoms with Gasteiger partial charge in [0.25, 0.3) is 0 Å². The third-order valence-corrected chi connectivity index (χ3v) is 3.50. The number of ether oxygens (including phenoxy) is 1. The average molecular weight is 247 g/mol. The lowest BCUT2D eigenvalue weighted by Gasteiger charge is -2.04. The Labute approximate surface area is 103 Å². The molecule has 0 amide bonds. The van der Waals surface area contributed by atoms with Crippen LogP contribution in [0.25, 0.3) is 0 Å². The van der Waals surface area contributed by atoms with Gasteiger partial charge in [-0.25, -0.2) is 0 Å². The standard InChI is InChI=1S/C12H13N3OS/c13-12-15-14-11(17-12)7-16-10-5-3-9(4-6-10)8-1-2-8/h3-6,8H,1-2,7H2,(H2,13,15). The predicted molar refractivity (Wildman–Crippen MR) is 67.1 cm³/mol. The van der Waals surface area contributed by atoms with E-state index < -0.39 is 0 Å². The van der Waals surface area contributed by atoms with E-state index in [-0.39, 0.29) is 0 Å². The van der Waals surface area contributed by atoms with Crippen molar-refractivity contribution in [3.05, 3.63) is 34.8 Å². The molecule has 17 heavy (non-hydrogen) atoms. The van der Waals surface area contributed by atoms with Crippen LogP contribution in [0.1, 0.15) is 29.3 Å². The molecule has 1 saturated carbocycles. The number of nitrogens with zero attached hydrogens (tertiary/aromatic N) is 2. The lowest BCUT2D eigenvalue weighted by molar-refractivity contribution is 0.304. The SMILES string of the molecule is Nc1nnc(COc2ccc(C3CC3)cc2)s1. The van der Waals surface area contributed by atoms with Crippen LogP contribution < -0.4 is 10.5 Å². The number of benzene rings is 1. The minimum Gasteiger partial charge on any atom is -0.486 e.